The smallest absolute Gasteiger partial charge is 0.0270 e. The molecule has 1 heterocycles. The molecule has 0 aromatic carbocycles. The van der Waals surface area contributed by atoms with Gasteiger partial charge in [-0.25, -0.2) is 0 Å². The molecule has 2 unspecified atom stereocenters. The highest BCUT2D eigenvalue weighted by molar-refractivity contribution is 5.26. The van der Waals surface area contributed by atoms with Crippen molar-refractivity contribution in [2.45, 2.75) is 45.4 Å². The van der Waals surface area contributed by atoms with Crippen molar-refractivity contribution in [2.75, 3.05) is 13.1 Å². The second kappa shape index (κ2) is 5.83. The molecular formula is C16H26N2. The summed E-state index contributed by atoms with van der Waals surface area (Å²) in [7, 11) is 0. The topological polar surface area (TPSA) is 24.9 Å². The summed E-state index contributed by atoms with van der Waals surface area (Å²) >= 11 is 0. The van der Waals surface area contributed by atoms with Gasteiger partial charge in [-0.1, -0.05) is 27.2 Å². The van der Waals surface area contributed by atoms with E-state index in [9.17, 15) is 0 Å². The van der Waals surface area contributed by atoms with Crippen molar-refractivity contribution in [3.8, 4) is 0 Å². The van der Waals surface area contributed by atoms with Gasteiger partial charge in [0.25, 0.3) is 0 Å². The summed E-state index contributed by atoms with van der Waals surface area (Å²) in [5.41, 5.74) is 1.80. The zero-order valence-corrected chi connectivity index (χ0v) is 11.9. The molecule has 2 atom stereocenters. The van der Waals surface area contributed by atoms with Gasteiger partial charge in [-0.15, -0.1) is 0 Å². The van der Waals surface area contributed by atoms with Crippen molar-refractivity contribution >= 4 is 0 Å². The minimum Gasteiger partial charge on any atom is -0.316 e. The van der Waals surface area contributed by atoms with Crippen molar-refractivity contribution in [3.05, 3.63) is 30.1 Å². The second-order valence-electron chi connectivity index (χ2n) is 6.21. The highest BCUT2D eigenvalue weighted by Crippen LogP contribution is 2.44. The predicted octanol–water partition coefficient (Wildman–Crippen LogP) is 3.39. The Labute approximate surface area is 111 Å². The fraction of sp³-hybridized carbons (Fsp3) is 0.688. The molecule has 1 fully saturated rings. The fourth-order valence-corrected chi connectivity index (χ4v) is 3.31. The van der Waals surface area contributed by atoms with E-state index in [-0.39, 0.29) is 0 Å². The molecule has 2 rings (SSSR count). The van der Waals surface area contributed by atoms with Crippen LogP contribution in [0.15, 0.2) is 24.5 Å². The Morgan fingerprint density at radius 2 is 2.11 bits per heavy atom. The monoisotopic (exact) mass is 246 g/mol. The summed E-state index contributed by atoms with van der Waals surface area (Å²) in [5.74, 6) is 1.48. The minimum atomic E-state index is 0.331. The Hall–Kier alpha value is -0.890. The highest BCUT2D eigenvalue weighted by atomic mass is 14.9. The van der Waals surface area contributed by atoms with Gasteiger partial charge in [0.1, 0.15) is 0 Å². The van der Waals surface area contributed by atoms with Crippen LogP contribution in [-0.4, -0.2) is 18.1 Å². The third kappa shape index (κ3) is 2.74. The first-order valence-corrected chi connectivity index (χ1v) is 7.26. The molecule has 0 amide bonds. The molecule has 0 spiro atoms. The lowest BCUT2D eigenvalue weighted by molar-refractivity contribution is 0.311. The average Bonchev–Trinajstić information content (AvgIpc) is 2.73. The lowest BCUT2D eigenvalue weighted by Gasteiger charge is -2.35. The standard InChI is InChI=1S/C16H26N2/c1-13(2)11-18-12-16(8-4-5-14(16)3)15-6-9-17-10-7-15/h6-7,9-10,13-14,18H,4-5,8,11-12H2,1-3H3. The van der Waals surface area contributed by atoms with Gasteiger partial charge in [-0.2, -0.15) is 0 Å². The number of nitrogens with one attached hydrogen (secondary N) is 1. The van der Waals surface area contributed by atoms with Crippen LogP contribution in [0.25, 0.3) is 0 Å². The van der Waals surface area contributed by atoms with E-state index in [1.54, 1.807) is 0 Å². The highest BCUT2D eigenvalue weighted by Gasteiger charge is 2.41. The first-order valence-electron chi connectivity index (χ1n) is 7.26. The first-order chi connectivity index (χ1) is 8.65. The number of rotatable bonds is 5. The molecule has 1 saturated carbocycles. The van der Waals surface area contributed by atoms with Crippen LogP contribution in [0.4, 0.5) is 0 Å². The quantitative estimate of drug-likeness (QED) is 0.861. The summed E-state index contributed by atoms with van der Waals surface area (Å²) in [6.45, 7) is 9.16. The SMILES string of the molecule is CC(C)CNCC1(c2ccncc2)CCCC1C. The van der Waals surface area contributed by atoms with Gasteiger partial charge >= 0.3 is 0 Å². The van der Waals surface area contributed by atoms with E-state index in [4.69, 9.17) is 0 Å². The van der Waals surface area contributed by atoms with E-state index in [1.165, 1.54) is 24.8 Å². The van der Waals surface area contributed by atoms with E-state index in [0.717, 1.165) is 24.9 Å². The summed E-state index contributed by atoms with van der Waals surface area (Å²) in [6, 6.07) is 4.41. The number of pyridine rings is 1. The van der Waals surface area contributed by atoms with Gasteiger partial charge in [-0.3, -0.25) is 4.98 Å². The Balaban J connectivity index is 2.14. The maximum absolute atomic E-state index is 4.16. The Kier molecular flexibility index (Phi) is 4.39. The molecule has 2 nitrogen and oxygen atoms in total. The summed E-state index contributed by atoms with van der Waals surface area (Å²) in [6.07, 6.45) is 7.89. The summed E-state index contributed by atoms with van der Waals surface area (Å²) in [5, 5.41) is 3.68. The summed E-state index contributed by atoms with van der Waals surface area (Å²) < 4.78 is 0. The van der Waals surface area contributed by atoms with Gasteiger partial charge in [-0.05, 0) is 48.9 Å². The van der Waals surface area contributed by atoms with Crippen molar-refractivity contribution in [3.63, 3.8) is 0 Å². The van der Waals surface area contributed by atoms with Crippen LogP contribution in [0.1, 0.15) is 45.6 Å². The maximum atomic E-state index is 4.16. The van der Waals surface area contributed by atoms with Crippen LogP contribution in [0, 0.1) is 11.8 Å². The molecule has 1 N–H and O–H groups in total. The Morgan fingerprint density at radius 1 is 1.39 bits per heavy atom. The predicted molar refractivity (Wildman–Crippen MR) is 76.6 cm³/mol. The first kappa shape index (κ1) is 13.5. The van der Waals surface area contributed by atoms with Crippen LogP contribution < -0.4 is 5.32 Å². The Bertz CT molecular complexity index is 361. The molecule has 18 heavy (non-hydrogen) atoms. The molecule has 1 aliphatic rings. The number of hydrogen-bond acceptors (Lipinski definition) is 2. The van der Waals surface area contributed by atoms with Gasteiger partial charge in [0, 0.05) is 24.4 Å². The number of hydrogen-bond donors (Lipinski definition) is 1. The lowest BCUT2D eigenvalue weighted by atomic mass is 9.73. The number of aromatic nitrogens is 1. The lowest BCUT2D eigenvalue weighted by Crippen LogP contribution is -2.41. The summed E-state index contributed by atoms with van der Waals surface area (Å²) in [4.78, 5) is 4.16. The van der Waals surface area contributed by atoms with Crippen molar-refractivity contribution < 1.29 is 0 Å². The van der Waals surface area contributed by atoms with Crippen LogP contribution in [-0.2, 0) is 5.41 Å². The molecule has 1 aliphatic carbocycles. The largest absolute Gasteiger partial charge is 0.316 e. The van der Waals surface area contributed by atoms with E-state index in [2.05, 4.69) is 43.2 Å². The van der Waals surface area contributed by atoms with E-state index in [1.807, 2.05) is 12.4 Å². The van der Waals surface area contributed by atoms with Gasteiger partial charge in [0.15, 0.2) is 0 Å². The molecule has 0 radical (unpaired) electrons. The molecule has 1 aromatic heterocycles. The van der Waals surface area contributed by atoms with Crippen LogP contribution in [0.3, 0.4) is 0 Å². The maximum Gasteiger partial charge on any atom is 0.0270 e. The van der Waals surface area contributed by atoms with Crippen molar-refractivity contribution in [2.24, 2.45) is 11.8 Å². The average molecular weight is 246 g/mol. The molecule has 0 aliphatic heterocycles. The molecule has 2 heteroatoms. The second-order valence-corrected chi connectivity index (χ2v) is 6.21. The fourth-order valence-electron chi connectivity index (χ4n) is 3.31. The zero-order chi connectivity index (χ0) is 13.0. The Morgan fingerprint density at radius 3 is 2.67 bits per heavy atom. The van der Waals surface area contributed by atoms with Crippen LogP contribution in [0.2, 0.25) is 0 Å². The molecule has 100 valence electrons. The molecular weight excluding hydrogens is 220 g/mol. The van der Waals surface area contributed by atoms with Gasteiger partial charge in [0.05, 0.1) is 0 Å². The third-order valence-corrected chi connectivity index (χ3v) is 4.45. The van der Waals surface area contributed by atoms with Gasteiger partial charge in [0.2, 0.25) is 0 Å². The minimum absolute atomic E-state index is 0.331. The third-order valence-electron chi connectivity index (χ3n) is 4.45. The van der Waals surface area contributed by atoms with Crippen LogP contribution >= 0.6 is 0 Å². The normalized spacial score (nSPS) is 27.9. The van der Waals surface area contributed by atoms with Crippen molar-refractivity contribution in [1.82, 2.24) is 10.3 Å². The van der Waals surface area contributed by atoms with E-state index in [0.29, 0.717) is 5.41 Å². The van der Waals surface area contributed by atoms with Crippen LogP contribution in [0.5, 0.6) is 0 Å². The number of nitrogens with zero attached hydrogens (tertiary/aromatic N) is 1. The molecule has 1 aromatic rings. The zero-order valence-electron chi connectivity index (χ0n) is 11.9. The van der Waals surface area contributed by atoms with Gasteiger partial charge < -0.3 is 5.32 Å². The molecule has 0 saturated heterocycles. The van der Waals surface area contributed by atoms with E-state index >= 15 is 0 Å². The van der Waals surface area contributed by atoms with Crippen molar-refractivity contribution in [1.29, 1.82) is 0 Å². The molecule has 0 bridgehead atoms. The van der Waals surface area contributed by atoms with E-state index < -0.39 is 0 Å².